The van der Waals surface area contributed by atoms with Gasteiger partial charge in [0.1, 0.15) is 29.9 Å². The average molecular weight is 585 g/mol. The Kier molecular flexibility index (Phi) is 12.9. The van der Waals surface area contributed by atoms with Gasteiger partial charge >= 0.3 is 5.97 Å². The molecule has 2 aromatic rings. The minimum atomic E-state index is -1.24. The molecule has 0 saturated heterocycles. The van der Waals surface area contributed by atoms with E-state index in [0.717, 1.165) is 0 Å². The van der Waals surface area contributed by atoms with Crippen molar-refractivity contribution in [3.8, 4) is 5.75 Å². The lowest BCUT2D eigenvalue weighted by atomic mass is 10.0. The molecular formula is C28H36N6O8. The highest BCUT2D eigenvalue weighted by Gasteiger charge is 2.28. The van der Waals surface area contributed by atoms with E-state index in [0.29, 0.717) is 11.1 Å². The van der Waals surface area contributed by atoms with E-state index in [4.69, 9.17) is 10.8 Å². The standard InChI is InChI=1S/C28H36N6O8/c1-16(32-27(40)22(33-23(36)14-29)13-19-8-10-20(35)11-9-19)25(38)34-21(12-18-6-4-3-5-7-18)26(39)30-15-24(37)31-17(2)28(41)42/h3-11,16-17,21-22,35H,12-15,29H2,1-2H3,(H,30,39)(H,31,37)(H,32,40)(H,33,36)(H,34,38)(H,41,42)/t16-,17-,21-,22-/m0/s1. The fourth-order valence-corrected chi connectivity index (χ4v) is 3.71. The van der Waals surface area contributed by atoms with Gasteiger partial charge in [0.25, 0.3) is 0 Å². The lowest BCUT2D eigenvalue weighted by Crippen LogP contribution is -2.57. The monoisotopic (exact) mass is 584 g/mol. The molecule has 0 spiro atoms. The fourth-order valence-electron chi connectivity index (χ4n) is 3.71. The summed E-state index contributed by atoms with van der Waals surface area (Å²) < 4.78 is 0. The molecule has 42 heavy (non-hydrogen) atoms. The number of phenolic OH excluding ortho intramolecular Hbond substituents is 1. The summed E-state index contributed by atoms with van der Waals surface area (Å²) >= 11 is 0. The number of hydrogen-bond acceptors (Lipinski definition) is 8. The van der Waals surface area contributed by atoms with E-state index >= 15 is 0 Å². The maximum atomic E-state index is 13.1. The van der Waals surface area contributed by atoms with E-state index < -0.39 is 66.2 Å². The third-order valence-electron chi connectivity index (χ3n) is 6.05. The SMILES string of the molecule is C[C@H](NC(=O)CNC(=O)[C@H](Cc1ccccc1)NC(=O)[C@H](C)NC(=O)[C@H](Cc1ccc(O)cc1)NC(=O)CN)C(=O)O. The van der Waals surface area contributed by atoms with Gasteiger partial charge in [0.2, 0.25) is 29.5 Å². The van der Waals surface area contributed by atoms with Gasteiger partial charge < -0.3 is 42.5 Å². The van der Waals surface area contributed by atoms with Crippen LogP contribution >= 0.6 is 0 Å². The first-order chi connectivity index (χ1) is 19.9. The number of carbonyl (C=O) groups excluding carboxylic acids is 5. The van der Waals surface area contributed by atoms with Crippen molar-refractivity contribution >= 4 is 35.5 Å². The number of carboxylic acid groups (broad SMARTS) is 1. The van der Waals surface area contributed by atoms with Crippen LogP contribution in [-0.2, 0) is 41.6 Å². The largest absolute Gasteiger partial charge is 0.508 e. The molecule has 0 aromatic heterocycles. The van der Waals surface area contributed by atoms with Crippen molar-refractivity contribution < 1.29 is 39.0 Å². The van der Waals surface area contributed by atoms with Gasteiger partial charge in [-0.1, -0.05) is 42.5 Å². The Bertz CT molecular complexity index is 1250. The van der Waals surface area contributed by atoms with E-state index in [1.807, 2.05) is 0 Å². The molecule has 0 fully saturated rings. The zero-order valence-corrected chi connectivity index (χ0v) is 23.3. The molecule has 0 heterocycles. The maximum absolute atomic E-state index is 13.1. The van der Waals surface area contributed by atoms with Gasteiger partial charge in [0.15, 0.2) is 0 Å². The van der Waals surface area contributed by atoms with Gasteiger partial charge in [-0.05, 0) is 37.1 Å². The minimum absolute atomic E-state index is 0.0283. The Labute approximate surface area is 242 Å². The summed E-state index contributed by atoms with van der Waals surface area (Å²) in [5, 5.41) is 30.6. The number of aliphatic carboxylic acids is 1. The van der Waals surface area contributed by atoms with Crippen LogP contribution in [0.2, 0.25) is 0 Å². The molecule has 0 aliphatic rings. The summed E-state index contributed by atoms with van der Waals surface area (Å²) in [6.07, 6.45) is 0.107. The number of amides is 5. The summed E-state index contributed by atoms with van der Waals surface area (Å²) in [4.78, 5) is 74.0. The topological polar surface area (TPSA) is 229 Å². The molecule has 0 unspecified atom stereocenters. The fraction of sp³-hybridized carbons (Fsp3) is 0.357. The van der Waals surface area contributed by atoms with Crippen molar-refractivity contribution in [3.05, 3.63) is 65.7 Å². The van der Waals surface area contributed by atoms with Crippen LogP contribution in [0.4, 0.5) is 0 Å². The van der Waals surface area contributed by atoms with Crippen molar-refractivity contribution in [2.45, 2.75) is 50.9 Å². The molecule has 0 radical (unpaired) electrons. The van der Waals surface area contributed by atoms with E-state index in [-0.39, 0.29) is 25.1 Å². The lowest BCUT2D eigenvalue weighted by Gasteiger charge is -2.24. The Balaban J connectivity index is 2.09. The van der Waals surface area contributed by atoms with Gasteiger partial charge in [0.05, 0.1) is 13.1 Å². The number of aromatic hydroxyl groups is 1. The molecule has 9 N–H and O–H groups in total. The molecule has 0 bridgehead atoms. The van der Waals surface area contributed by atoms with Crippen LogP contribution in [0.25, 0.3) is 0 Å². The molecule has 226 valence electrons. The van der Waals surface area contributed by atoms with Gasteiger partial charge in [0, 0.05) is 12.8 Å². The quantitative estimate of drug-likeness (QED) is 0.119. The number of phenols is 1. The summed E-state index contributed by atoms with van der Waals surface area (Å²) in [5.74, 6) is -4.63. The second-order valence-electron chi connectivity index (χ2n) is 9.52. The minimum Gasteiger partial charge on any atom is -0.508 e. The Morgan fingerprint density at radius 1 is 0.690 bits per heavy atom. The maximum Gasteiger partial charge on any atom is 0.325 e. The summed E-state index contributed by atoms with van der Waals surface area (Å²) in [5.41, 5.74) is 6.71. The number of carbonyl (C=O) groups is 6. The van der Waals surface area contributed by atoms with Crippen molar-refractivity contribution in [1.29, 1.82) is 0 Å². The second kappa shape index (κ2) is 16.3. The van der Waals surface area contributed by atoms with Gasteiger partial charge in [-0.2, -0.15) is 0 Å². The number of benzene rings is 2. The molecule has 4 atom stereocenters. The van der Waals surface area contributed by atoms with Crippen LogP contribution < -0.4 is 32.3 Å². The Morgan fingerprint density at radius 3 is 1.83 bits per heavy atom. The van der Waals surface area contributed by atoms with Crippen molar-refractivity contribution in [2.24, 2.45) is 5.73 Å². The van der Waals surface area contributed by atoms with E-state index in [2.05, 4.69) is 26.6 Å². The highest BCUT2D eigenvalue weighted by molar-refractivity contribution is 5.95. The normalized spacial score (nSPS) is 13.4. The first kappa shape index (κ1) is 33.2. The number of rotatable bonds is 15. The number of nitrogens with one attached hydrogen (secondary N) is 5. The molecule has 0 aliphatic carbocycles. The zero-order valence-electron chi connectivity index (χ0n) is 23.3. The average Bonchev–Trinajstić information content (AvgIpc) is 2.96. The smallest absolute Gasteiger partial charge is 0.325 e. The van der Waals surface area contributed by atoms with Gasteiger partial charge in [-0.15, -0.1) is 0 Å². The van der Waals surface area contributed by atoms with Crippen LogP contribution in [0, 0.1) is 0 Å². The Morgan fingerprint density at radius 2 is 1.26 bits per heavy atom. The van der Waals surface area contributed by atoms with Crippen LogP contribution in [0.5, 0.6) is 5.75 Å². The Hall–Kier alpha value is -4.98. The molecule has 2 aromatic carbocycles. The van der Waals surface area contributed by atoms with Crippen molar-refractivity contribution in [3.63, 3.8) is 0 Å². The molecular weight excluding hydrogens is 548 g/mol. The predicted molar refractivity (Wildman–Crippen MR) is 151 cm³/mol. The molecule has 14 heteroatoms. The summed E-state index contributed by atoms with van der Waals surface area (Å²) in [6.45, 7) is 1.78. The number of carboxylic acids is 1. The third kappa shape index (κ3) is 11.3. The third-order valence-corrected chi connectivity index (χ3v) is 6.05. The molecule has 14 nitrogen and oxygen atoms in total. The van der Waals surface area contributed by atoms with E-state index in [1.54, 1.807) is 42.5 Å². The zero-order chi connectivity index (χ0) is 31.2. The molecule has 2 rings (SSSR count). The van der Waals surface area contributed by atoms with Crippen molar-refractivity contribution in [1.82, 2.24) is 26.6 Å². The first-order valence-corrected chi connectivity index (χ1v) is 13.1. The first-order valence-electron chi connectivity index (χ1n) is 13.1. The van der Waals surface area contributed by atoms with Crippen molar-refractivity contribution in [2.75, 3.05) is 13.1 Å². The van der Waals surface area contributed by atoms with Gasteiger partial charge in [-0.3, -0.25) is 28.8 Å². The highest BCUT2D eigenvalue weighted by atomic mass is 16.4. The summed E-state index contributed by atoms with van der Waals surface area (Å²) in [6, 6.07) is 10.3. The molecule has 0 aliphatic heterocycles. The summed E-state index contributed by atoms with van der Waals surface area (Å²) in [7, 11) is 0. The van der Waals surface area contributed by atoms with Crippen LogP contribution in [0.15, 0.2) is 54.6 Å². The van der Waals surface area contributed by atoms with Crippen LogP contribution in [0.3, 0.4) is 0 Å². The van der Waals surface area contributed by atoms with E-state index in [9.17, 15) is 33.9 Å². The van der Waals surface area contributed by atoms with E-state index in [1.165, 1.54) is 26.0 Å². The lowest BCUT2D eigenvalue weighted by molar-refractivity contribution is -0.141. The number of hydrogen-bond donors (Lipinski definition) is 8. The molecule has 5 amide bonds. The van der Waals surface area contributed by atoms with Crippen LogP contribution in [-0.4, -0.2) is 83.0 Å². The highest BCUT2D eigenvalue weighted by Crippen LogP contribution is 2.12. The van der Waals surface area contributed by atoms with Gasteiger partial charge in [-0.25, -0.2) is 0 Å². The predicted octanol–water partition coefficient (Wildman–Crippen LogP) is -1.68. The molecule has 0 saturated carbocycles. The number of nitrogens with two attached hydrogens (primary N) is 1. The second-order valence-corrected chi connectivity index (χ2v) is 9.52. The van der Waals surface area contributed by atoms with Crippen LogP contribution in [0.1, 0.15) is 25.0 Å².